The van der Waals surface area contributed by atoms with Crippen molar-refractivity contribution >= 4 is 5.82 Å². The number of anilines is 1. The Morgan fingerprint density at radius 2 is 1.83 bits per heavy atom. The van der Waals surface area contributed by atoms with E-state index in [1.807, 2.05) is 4.90 Å². The number of aliphatic hydroxyl groups excluding tert-OH is 1. The number of hydrogen-bond donors (Lipinski definition) is 1. The second-order valence-corrected chi connectivity index (χ2v) is 8.98. The fourth-order valence-corrected chi connectivity index (χ4v) is 4.84. The summed E-state index contributed by atoms with van der Waals surface area (Å²) in [5.41, 5.74) is -0.999. The molecule has 2 aliphatic rings. The third-order valence-electron chi connectivity index (χ3n) is 6.34. The largest absolute Gasteiger partial charge is 0.473 e. The third kappa shape index (κ3) is 4.09. The van der Waals surface area contributed by atoms with Crippen molar-refractivity contribution in [3.05, 3.63) is 75.7 Å². The zero-order valence-electron chi connectivity index (χ0n) is 18.6. The van der Waals surface area contributed by atoms with Crippen molar-refractivity contribution in [3.8, 4) is 17.4 Å². The van der Waals surface area contributed by atoms with Gasteiger partial charge in [-0.15, -0.1) is 0 Å². The van der Waals surface area contributed by atoms with Gasteiger partial charge in [-0.25, -0.2) is 22.4 Å². The number of aliphatic hydroxyl groups is 1. The normalized spacial score (nSPS) is 20.6. The van der Waals surface area contributed by atoms with Crippen LogP contribution in [-0.4, -0.2) is 33.3 Å². The molecule has 1 N–H and O–H groups in total. The molecular formula is C24H21F4N3O4. The lowest BCUT2D eigenvalue weighted by atomic mass is 9.94. The van der Waals surface area contributed by atoms with Crippen LogP contribution < -0.4 is 20.1 Å². The maximum absolute atomic E-state index is 14.5. The topological polar surface area (TPSA) is 76.8 Å². The van der Waals surface area contributed by atoms with Crippen LogP contribution in [0.1, 0.15) is 18.9 Å². The molecule has 2 atom stereocenters. The molecule has 1 saturated heterocycles. The predicted molar refractivity (Wildman–Crippen MR) is 117 cm³/mol. The Morgan fingerprint density at radius 1 is 1.09 bits per heavy atom. The van der Waals surface area contributed by atoms with Gasteiger partial charge in [-0.2, -0.15) is 4.98 Å². The molecule has 2 aromatic carbocycles. The average molecular weight is 491 g/mol. The van der Waals surface area contributed by atoms with Crippen molar-refractivity contribution in [1.82, 2.24) is 9.55 Å². The zero-order chi connectivity index (χ0) is 24.9. The van der Waals surface area contributed by atoms with Gasteiger partial charge in [-0.05, 0) is 42.2 Å². The van der Waals surface area contributed by atoms with E-state index in [0.29, 0.717) is 30.9 Å². The fraction of sp³-hybridized carbons (Fsp3) is 0.333. The molecule has 0 bridgehead atoms. The Bertz CT molecular complexity index is 1340. The summed E-state index contributed by atoms with van der Waals surface area (Å²) in [5.74, 6) is -4.65. The molecule has 1 aromatic heterocycles. The van der Waals surface area contributed by atoms with Crippen molar-refractivity contribution in [3.63, 3.8) is 0 Å². The molecular weight excluding hydrogens is 470 g/mol. The van der Waals surface area contributed by atoms with Crippen LogP contribution in [0, 0.1) is 29.2 Å². The number of nitrogens with zero attached hydrogens (tertiary/aromatic N) is 3. The highest BCUT2D eigenvalue weighted by Gasteiger charge is 2.50. The van der Waals surface area contributed by atoms with Crippen LogP contribution in [-0.2, 0) is 13.2 Å². The SMILES string of the molecule is C[C@H]1CN2c3cc(OCc4cc(F)c(Oc5ccc(F)c(F)c5)c(F)c4)nc(=O)n3C[C@@]2(CO)C1. The number of halogens is 4. The predicted octanol–water partition coefficient (Wildman–Crippen LogP) is 3.76. The molecule has 0 unspecified atom stereocenters. The number of aromatic nitrogens is 2. The van der Waals surface area contributed by atoms with Crippen LogP contribution in [0.15, 0.2) is 41.2 Å². The van der Waals surface area contributed by atoms with Crippen molar-refractivity contribution < 1.29 is 32.1 Å². The Hall–Kier alpha value is -3.60. The van der Waals surface area contributed by atoms with Crippen LogP contribution in [0.5, 0.6) is 17.4 Å². The highest BCUT2D eigenvalue weighted by atomic mass is 19.2. The van der Waals surface area contributed by atoms with Crippen LogP contribution in [0.3, 0.4) is 0 Å². The molecule has 11 heteroatoms. The quantitative estimate of drug-likeness (QED) is 0.530. The minimum atomic E-state index is -1.22. The number of rotatable bonds is 6. The van der Waals surface area contributed by atoms with Crippen molar-refractivity contribution in [2.24, 2.45) is 5.92 Å². The van der Waals surface area contributed by atoms with E-state index in [2.05, 4.69) is 11.9 Å². The van der Waals surface area contributed by atoms with Crippen molar-refractivity contribution in [2.45, 2.75) is 32.0 Å². The van der Waals surface area contributed by atoms with E-state index in [0.717, 1.165) is 30.7 Å². The number of fused-ring (bicyclic) bond motifs is 3. The smallest absolute Gasteiger partial charge is 0.352 e. The van der Waals surface area contributed by atoms with Gasteiger partial charge in [0.15, 0.2) is 29.0 Å². The highest BCUT2D eigenvalue weighted by molar-refractivity contribution is 5.51. The highest BCUT2D eigenvalue weighted by Crippen LogP contribution is 2.43. The van der Waals surface area contributed by atoms with Gasteiger partial charge >= 0.3 is 5.69 Å². The zero-order valence-corrected chi connectivity index (χ0v) is 18.6. The first kappa shape index (κ1) is 23.2. The van der Waals surface area contributed by atoms with Gasteiger partial charge in [0.2, 0.25) is 5.88 Å². The van der Waals surface area contributed by atoms with Gasteiger partial charge < -0.3 is 19.5 Å². The van der Waals surface area contributed by atoms with Crippen LogP contribution in [0.25, 0.3) is 0 Å². The Morgan fingerprint density at radius 3 is 2.51 bits per heavy atom. The van der Waals surface area contributed by atoms with Crippen molar-refractivity contribution in [1.29, 1.82) is 0 Å². The number of hydrogen-bond acceptors (Lipinski definition) is 6. The summed E-state index contributed by atoms with van der Waals surface area (Å²) in [6.45, 7) is 2.66. The van der Waals surface area contributed by atoms with Gasteiger partial charge in [-0.3, -0.25) is 4.57 Å². The van der Waals surface area contributed by atoms with Crippen molar-refractivity contribution in [2.75, 3.05) is 18.1 Å². The van der Waals surface area contributed by atoms with Gasteiger partial charge in [0.05, 0.1) is 18.7 Å². The van der Waals surface area contributed by atoms with Gasteiger partial charge in [0.25, 0.3) is 0 Å². The summed E-state index contributed by atoms with van der Waals surface area (Å²) >= 11 is 0. The van der Waals surface area contributed by atoms with E-state index in [1.54, 1.807) is 6.07 Å². The molecule has 0 saturated carbocycles. The van der Waals surface area contributed by atoms with Crippen LogP contribution in [0.4, 0.5) is 23.4 Å². The lowest BCUT2D eigenvalue weighted by Gasteiger charge is -2.30. The van der Waals surface area contributed by atoms with E-state index in [-0.39, 0.29) is 30.4 Å². The number of ether oxygens (including phenoxy) is 2. The second-order valence-electron chi connectivity index (χ2n) is 8.98. The van der Waals surface area contributed by atoms with Gasteiger partial charge in [0, 0.05) is 18.7 Å². The van der Waals surface area contributed by atoms with Crippen LogP contribution >= 0.6 is 0 Å². The summed E-state index contributed by atoms with van der Waals surface area (Å²) in [5, 5.41) is 10.00. The maximum atomic E-state index is 14.5. The minimum absolute atomic E-state index is 0.0162. The Balaban J connectivity index is 1.34. The first-order valence-corrected chi connectivity index (χ1v) is 10.9. The lowest BCUT2D eigenvalue weighted by Crippen LogP contribution is -2.45. The number of benzene rings is 2. The van der Waals surface area contributed by atoms with E-state index >= 15 is 0 Å². The van der Waals surface area contributed by atoms with E-state index in [4.69, 9.17) is 9.47 Å². The molecule has 2 aliphatic heterocycles. The molecule has 5 rings (SSSR count). The fourth-order valence-electron chi connectivity index (χ4n) is 4.84. The van der Waals surface area contributed by atoms with E-state index < -0.39 is 40.2 Å². The first-order valence-electron chi connectivity index (χ1n) is 10.9. The molecule has 0 aliphatic carbocycles. The molecule has 0 spiro atoms. The lowest BCUT2D eigenvalue weighted by molar-refractivity contribution is 0.189. The summed E-state index contributed by atoms with van der Waals surface area (Å²) < 4.78 is 67.5. The van der Waals surface area contributed by atoms with E-state index in [9.17, 15) is 27.5 Å². The molecule has 3 aromatic rings. The Kier molecular flexibility index (Phi) is 5.66. The van der Waals surface area contributed by atoms with Crippen LogP contribution in [0.2, 0.25) is 0 Å². The summed E-state index contributed by atoms with van der Waals surface area (Å²) in [6.07, 6.45) is 0.734. The minimum Gasteiger partial charge on any atom is -0.473 e. The second kappa shape index (κ2) is 8.56. The summed E-state index contributed by atoms with van der Waals surface area (Å²) in [7, 11) is 0. The standard InChI is InChI=1S/C24H21F4N3O4/c1-13-8-24(12-32)11-30-21(31(24)9-13)7-20(29-23(30)33)34-10-14-4-18(27)22(19(28)5-14)35-15-2-3-16(25)17(26)6-15/h2-7,13,32H,8-12H2,1H3/t13-,24-/m1/s1. The van der Waals surface area contributed by atoms with E-state index in [1.165, 1.54) is 4.57 Å². The first-order chi connectivity index (χ1) is 16.7. The molecule has 7 nitrogen and oxygen atoms in total. The van der Waals surface area contributed by atoms with Gasteiger partial charge in [0.1, 0.15) is 18.2 Å². The summed E-state index contributed by atoms with van der Waals surface area (Å²) in [6, 6.07) is 6.01. The molecule has 1 fully saturated rings. The molecule has 3 heterocycles. The Labute approximate surface area is 197 Å². The molecule has 35 heavy (non-hydrogen) atoms. The molecule has 184 valence electrons. The monoisotopic (exact) mass is 491 g/mol. The van der Waals surface area contributed by atoms with Gasteiger partial charge in [-0.1, -0.05) is 6.92 Å². The summed E-state index contributed by atoms with van der Waals surface area (Å²) in [4.78, 5) is 18.4. The molecule has 0 amide bonds. The maximum Gasteiger partial charge on any atom is 0.352 e. The molecule has 0 radical (unpaired) electrons. The average Bonchev–Trinajstić information content (AvgIpc) is 3.29. The third-order valence-corrected chi connectivity index (χ3v) is 6.34.